The van der Waals surface area contributed by atoms with E-state index >= 15 is 0 Å². The fourth-order valence-corrected chi connectivity index (χ4v) is 3.49. The Kier molecular flexibility index (Phi) is 5.85. The van der Waals surface area contributed by atoms with E-state index in [-0.39, 0.29) is 11.9 Å². The van der Waals surface area contributed by atoms with Crippen LogP contribution in [0.15, 0.2) is 40.9 Å². The van der Waals surface area contributed by atoms with Crippen molar-refractivity contribution >= 4 is 23.3 Å². The fourth-order valence-electron chi connectivity index (χ4n) is 3.30. The highest BCUT2D eigenvalue weighted by atomic mass is 35.5. The van der Waals surface area contributed by atoms with E-state index in [4.69, 9.17) is 30.3 Å². The SMILES string of the molecule is COc1cc(NC(=O)N2CC(c3nc(-c4cccc(Cl)c4)no3)C2)cc(OC)c1OC. The van der Waals surface area contributed by atoms with Crippen LogP contribution in [0.4, 0.5) is 10.5 Å². The van der Waals surface area contributed by atoms with Crippen LogP contribution in [0.2, 0.25) is 5.02 Å². The Morgan fingerprint density at radius 1 is 1.13 bits per heavy atom. The first-order valence-corrected chi connectivity index (χ1v) is 9.85. The zero-order valence-electron chi connectivity index (χ0n) is 17.2. The molecule has 0 unspecified atom stereocenters. The smallest absolute Gasteiger partial charge is 0.321 e. The number of anilines is 1. The molecule has 1 aliphatic rings. The molecule has 31 heavy (non-hydrogen) atoms. The fraction of sp³-hybridized carbons (Fsp3) is 0.286. The van der Waals surface area contributed by atoms with E-state index in [0.29, 0.717) is 52.8 Å². The average molecular weight is 445 g/mol. The maximum Gasteiger partial charge on any atom is 0.321 e. The van der Waals surface area contributed by atoms with Crippen molar-refractivity contribution in [3.8, 4) is 28.6 Å². The minimum Gasteiger partial charge on any atom is -0.493 e. The number of carbonyl (C=O) groups excluding carboxylic acids is 1. The number of nitrogens with one attached hydrogen (secondary N) is 1. The molecule has 162 valence electrons. The van der Waals surface area contributed by atoms with Gasteiger partial charge in [-0.1, -0.05) is 28.9 Å². The Bertz CT molecular complexity index is 1070. The van der Waals surface area contributed by atoms with E-state index in [0.717, 1.165) is 5.56 Å². The number of amides is 2. The van der Waals surface area contributed by atoms with Gasteiger partial charge in [-0.25, -0.2) is 4.79 Å². The number of ether oxygens (including phenoxy) is 3. The summed E-state index contributed by atoms with van der Waals surface area (Å²) in [5.74, 6) is 2.31. The monoisotopic (exact) mass is 444 g/mol. The number of nitrogens with zero attached hydrogens (tertiary/aromatic N) is 3. The lowest BCUT2D eigenvalue weighted by molar-refractivity contribution is 0.147. The van der Waals surface area contributed by atoms with Crippen LogP contribution < -0.4 is 19.5 Å². The first-order valence-electron chi connectivity index (χ1n) is 9.48. The van der Waals surface area contributed by atoms with E-state index in [9.17, 15) is 4.79 Å². The van der Waals surface area contributed by atoms with Gasteiger partial charge in [-0.05, 0) is 12.1 Å². The molecule has 1 N–H and O–H groups in total. The molecular weight excluding hydrogens is 424 g/mol. The normalized spacial score (nSPS) is 13.5. The van der Waals surface area contributed by atoms with Gasteiger partial charge in [-0.2, -0.15) is 4.98 Å². The van der Waals surface area contributed by atoms with Gasteiger partial charge in [0.2, 0.25) is 17.5 Å². The van der Waals surface area contributed by atoms with Crippen LogP contribution in [0.1, 0.15) is 11.8 Å². The maximum atomic E-state index is 12.6. The van der Waals surface area contributed by atoms with Gasteiger partial charge in [-0.3, -0.25) is 0 Å². The first kappa shape index (κ1) is 20.8. The number of hydrogen-bond acceptors (Lipinski definition) is 7. The molecule has 0 atom stereocenters. The summed E-state index contributed by atoms with van der Waals surface area (Å²) in [7, 11) is 4.56. The summed E-state index contributed by atoms with van der Waals surface area (Å²) >= 11 is 6.02. The summed E-state index contributed by atoms with van der Waals surface area (Å²) in [5, 5.41) is 7.46. The predicted molar refractivity (Wildman–Crippen MR) is 114 cm³/mol. The summed E-state index contributed by atoms with van der Waals surface area (Å²) in [6.07, 6.45) is 0. The minimum atomic E-state index is -0.250. The van der Waals surface area contributed by atoms with Crippen molar-refractivity contribution in [3.05, 3.63) is 47.3 Å². The Balaban J connectivity index is 1.39. The molecule has 1 saturated heterocycles. The molecule has 0 saturated carbocycles. The number of aromatic nitrogens is 2. The average Bonchev–Trinajstić information content (AvgIpc) is 3.21. The van der Waals surface area contributed by atoms with Crippen LogP contribution in [0, 0.1) is 0 Å². The second kappa shape index (κ2) is 8.73. The van der Waals surface area contributed by atoms with E-state index in [2.05, 4.69) is 15.5 Å². The van der Waals surface area contributed by atoms with E-state index in [1.165, 1.54) is 21.3 Å². The molecule has 10 heteroatoms. The highest BCUT2D eigenvalue weighted by Crippen LogP contribution is 2.40. The third kappa shape index (κ3) is 4.22. The van der Waals surface area contributed by atoms with Gasteiger partial charge in [0, 0.05) is 35.8 Å². The van der Waals surface area contributed by atoms with Crippen LogP contribution >= 0.6 is 11.6 Å². The molecule has 9 nitrogen and oxygen atoms in total. The van der Waals surface area contributed by atoms with E-state index in [1.807, 2.05) is 12.1 Å². The third-order valence-corrected chi connectivity index (χ3v) is 5.19. The summed E-state index contributed by atoms with van der Waals surface area (Å²) in [6, 6.07) is 10.3. The Hall–Kier alpha value is -3.46. The second-order valence-electron chi connectivity index (χ2n) is 6.91. The van der Waals surface area contributed by atoms with Gasteiger partial charge in [0.15, 0.2) is 11.5 Å². The number of halogens is 1. The molecule has 3 aromatic rings. The van der Waals surface area contributed by atoms with Crippen molar-refractivity contribution in [2.45, 2.75) is 5.92 Å². The molecule has 1 fully saturated rings. The maximum absolute atomic E-state index is 12.6. The number of hydrogen-bond donors (Lipinski definition) is 1. The lowest BCUT2D eigenvalue weighted by Crippen LogP contribution is -2.50. The Morgan fingerprint density at radius 3 is 2.45 bits per heavy atom. The van der Waals surface area contributed by atoms with Crippen molar-refractivity contribution in [3.63, 3.8) is 0 Å². The highest BCUT2D eigenvalue weighted by Gasteiger charge is 2.36. The largest absolute Gasteiger partial charge is 0.493 e. The summed E-state index contributed by atoms with van der Waals surface area (Å²) in [5.41, 5.74) is 1.31. The van der Waals surface area contributed by atoms with Gasteiger partial charge in [0.25, 0.3) is 0 Å². The number of benzene rings is 2. The topological polar surface area (TPSA) is 99.0 Å². The molecule has 1 aromatic heterocycles. The highest BCUT2D eigenvalue weighted by molar-refractivity contribution is 6.30. The number of likely N-dealkylation sites (tertiary alicyclic amines) is 1. The molecule has 2 amide bonds. The molecule has 2 heterocycles. The molecule has 2 aromatic carbocycles. The number of urea groups is 1. The van der Waals surface area contributed by atoms with Crippen LogP contribution in [-0.4, -0.2) is 55.5 Å². The molecule has 0 radical (unpaired) electrons. The van der Waals surface area contributed by atoms with Gasteiger partial charge in [0.05, 0.1) is 32.9 Å². The van der Waals surface area contributed by atoms with Crippen molar-refractivity contribution in [2.24, 2.45) is 0 Å². The van der Waals surface area contributed by atoms with Crippen molar-refractivity contribution in [2.75, 3.05) is 39.7 Å². The second-order valence-corrected chi connectivity index (χ2v) is 7.35. The zero-order chi connectivity index (χ0) is 22.0. The lowest BCUT2D eigenvalue weighted by Gasteiger charge is -2.36. The minimum absolute atomic E-state index is 0.0221. The summed E-state index contributed by atoms with van der Waals surface area (Å²) < 4.78 is 21.3. The summed E-state index contributed by atoms with van der Waals surface area (Å²) in [6.45, 7) is 0.931. The van der Waals surface area contributed by atoms with E-state index in [1.54, 1.807) is 29.2 Å². The summed E-state index contributed by atoms with van der Waals surface area (Å²) in [4.78, 5) is 18.7. The predicted octanol–water partition coefficient (Wildman–Crippen LogP) is 4.05. The van der Waals surface area contributed by atoms with Crippen molar-refractivity contribution in [1.82, 2.24) is 15.0 Å². The Labute approximate surface area is 183 Å². The molecule has 4 rings (SSSR count). The van der Waals surface area contributed by atoms with Crippen LogP contribution in [-0.2, 0) is 0 Å². The Morgan fingerprint density at radius 2 is 1.84 bits per heavy atom. The van der Waals surface area contributed by atoms with Gasteiger partial charge < -0.3 is 29.0 Å². The molecule has 1 aliphatic heterocycles. The number of methoxy groups -OCH3 is 3. The molecule has 0 spiro atoms. The quantitative estimate of drug-likeness (QED) is 0.612. The van der Waals surface area contributed by atoms with Gasteiger partial charge in [-0.15, -0.1) is 0 Å². The number of carbonyl (C=O) groups is 1. The van der Waals surface area contributed by atoms with Gasteiger partial charge in [0.1, 0.15) is 0 Å². The number of rotatable bonds is 6. The van der Waals surface area contributed by atoms with E-state index < -0.39 is 0 Å². The molecule has 0 bridgehead atoms. The van der Waals surface area contributed by atoms with Crippen molar-refractivity contribution < 1.29 is 23.5 Å². The molecular formula is C21H21ClN4O5. The van der Waals surface area contributed by atoms with Crippen LogP contribution in [0.3, 0.4) is 0 Å². The van der Waals surface area contributed by atoms with Crippen molar-refractivity contribution in [1.29, 1.82) is 0 Å². The third-order valence-electron chi connectivity index (χ3n) is 4.96. The standard InChI is InChI=1S/C21H21ClN4O5/c1-28-16-8-15(9-17(29-2)18(16)30-3)23-21(27)26-10-13(11-26)20-24-19(25-31-20)12-5-4-6-14(22)7-12/h4-9,13H,10-11H2,1-3H3,(H,23,27). The molecule has 0 aliphatic carbocycles. The van der Waals surface area contributed by atoms with Crippen LogP contribution in [0.5, 0.6) is 17.2 Å². The first-order chi connectivity index (χ1) is 15.0. The lowest BCUT2D eigenvalue weighted by atomic mass is 10.0. The van der Waals surface area contributed by atoms with Gasteiger partial charge >= 0.3 is 6.03 Å². The van der Waals surface area contributed by atoms with Crippen LogP contribution in [0.25, 0.3) is 11.4 Å². The zero-order valence-corrected chi connectivity index (χ0v) is 18.0.